The van der Waals surface area contributed by atoms with Crippen LogP contribution in [0.25, 0.3) is 0 Å². The zero-order valence-electron chi connectivity index (χ0n) is 12.6. The van der Waals surface area contributed by atoms with Crippen LogP contribution in [0.1, 0.15) is 17.5 Å². The van der Waals surface area contributed by atoms with E-state index in [1.807, 2.05) is 30.5 Å². The van der Waals surface area contributed by atoms with Gasteiger partial charge >= 0.3 is 0 Å². The van der Waals surface area contributed by atoms with Crippen LogP contribution in [0.15, 0.2) is 52.3 Å². The standard InChI is InChI=1S/C18H19NOS2/c1-21-16-7-3-6-15(11-16)19-18(20)12-22-17-9-8-13-4-2-5-14(13)10-17/h3,6-11H,2,4-5,12H2,1H3,(H,19,20). The molecule has 22 heavy (non-hydrogen) atoms. The third-order valence-electron chi connectivity index (χ3n) is 3.79. The molecule has 0 heterocycles. The number of aryl methyl sites for hydroxylation is 2. The first-order valence-corrected chi connectivity index (χ1v) is 9.64. The van der Waals surface area contributed by atoms with Gasteiger partial charge < -0.3 is 5.32 Å². The number of benzene rings is 2. The summed E-state index contributed by atoms with van der Waals surface area (Å²) < 4.78 is 0. The van der Waals surface area contributed by atoms with Crippen molar-refractivity contribution in [2.24, 2.45) is 0 Å². The Kier molecular flexibility index (Phi) is 5.11. The van der Waals surface area contributed by atoms with Gasteiger partial charge in [-0.3, -0.25) is 4.79 Å². The van der Waals surface area contributed by atoms with Gasteiger partial charge in [0.25, 0.3) is 0 Å². The van der Waals surface area contributed by atoms with E-state index in [4.69, 9.17) is 0 Å². The second kappa shape index (κ2) is 7.25. The smallest absolute Gasteiger partial charge is 0.234 e. The van der Waals surface area contributed by atoms with Crippen molar-refractivity contribution in [3.8, 4) is 0 Å². The fourth-order valence-electron chi connectivity index (χ4n) is 2.68. The highest BCUT2D eigenvalue weighted by Crippen LogP contribution is 2.27. The van der Waals surface area contributed by atoms with E-state index < -0.39 is 0 Å². The van der Waals surface area contributed by atoms with Crippen molar-refractivity contribution in [1.29, 1.82) is 0 Å². The molecule has 0 radical (unpaired) electrons. The van der Waals surface area contributed by atoms with E-state index in [0.717, 1.165) is 10.6 Å². The number of nitrogens with one attached hydrogen (secondary N) is 1. The molecule has 0 fully saturated rings. The zero-order chi connectivity index (χ0) is 15.4. The molecule has 0 aliphatic heterocycles. The van der Waals surface area contributed by atoms with Gasteiger partial charge in [-0.25, -0.2) is 0 Å². The fourth-order valence-corrected chi connectivity index (χ4v) is 3.90. The average Bonchev–Trinajstić information content (AvgIpc) is 3.00. The van der Waals surface area contributed by atoms with E-state index in [9.17, 15) is 4.79 Å². The van der Waals surface area contributed by atoms with Crippen molar-refractivity contribution in [3.05, 3.63) is 53.6 Å². The highest BCUT2D eigenvalue weighted by atomic mass is 32.2. The first-order valence-electron chi connectivity index (χ1n) is 7.43. The molecule has 0 unspecified atom stereocenters. The minimum absolute atomic E-state index is 0.0451. The van der Waals surface area contributed by atoms with E-state index >= 15 is 0 Å². The molecule has 0 atom stereocenters. The van der Waals surface area contributed by atoms with Crippen molar-refractivity contribution < 1.29 is 4.79 Å². The first kappa shape index (κ1) is 15.5. The topological polar surface area (TPSA) is 29.1 Å². The Labute approximate surface area is 140 Å². The van der Waals surface area contributed by atoms with E-state index in [-0.39, 0.29) is 5.91 Å². The Morgan fingerprint density at radius 3 is 2.82 bits per heavy atom. The molecule has 0 saturated heterocycles. The number of amides is 1. The number of rotatable bonds is 5. The van der Waals surface area contributed by atoms with Crippen molar-refractivity contribution in [3.63, 3.8) is 0 Å². The van der Waals surface area contributed by atoms with Gasteiger partial charge in [-0.1, -0.05) is 12.1 Å². The van der Waals surface area contributed by atoms with Crippen molar-refractivity contribution in [2.45, 2.75) is 29.1 Å². The molecule has 0 aromatic heterocycles. The van der Waals surface area contributed by atoms with Crippen LogP contribution in [0.4, 0.5) is 5.69 Å². The van der Waals surface area contributed by atoms with Crippen molar-refractivity contribution >= 4 is 35.1 Å². The lowest BCUT2D eigenvalue weighted by atomic mass is 10.1. The van der Waals surface area contributed by atoms with Crippen LogP contribution < -0.4 is 5.32 Å². The summed E-state index contributed by atoms with van der Waals surface area (Å²) in [7, 11) is 0. The van der Waals surface area contributed by atoms with Gasteiger partial charge in [-0.15, -0.1) is 23.5 Å². The van der Waals surface area contributed by atoms with Crippen LogP contribution in [0.5, 0.6) is 0 Å². The SMILES string of the molecule is CSc1cccc(NC(=O)CSc2ccc3c(c2)CCC3)c1. The number of carbonyl (C=O) groups is 1. The van der Waals surface area contributed by atoms with Crippen LogP contribution in [0, 0.1) is 0 Å². The predicted molar refractivity (Wildman–Crippen MR) is 96.0 cm³/mol. The van der Waals surface area contributed by atoms with Gasteiger partial charge in [0, 0.05) is 15.5 Å². The first-order chi connectivity index (χ1) is 10.7. The largest absolute Gasteiger partial charge is 0.325 e. The third-order valence-corrected chi connectivity index (χ3v) is 5.51. The average molecular weight is 329 g/mol. The summed E-state index contributed by atoms with van der Waals surface area (Å²) in [4.78, 5) is 14.4. The molecule has 0 spiro atoms. The molecule has 1 aliphatic rings. The maximum absolute atomic E-state index is 12.1. The number of carbonyl (C=O) groups excluding carboxylic acids is 1. The molecule has 4 heteroatoms. The summed E-state index contributed by atoms with van der Waals surface area (Å²) in [6.45, 7) is 0. The molecule has 0 bridgehead atoms. The lowest BCUT2D eigenvalue weighted by Gasteiger charge is -2.07. The summed E-state index contributed by atoms with van der Waals surface area (Å²) in [6, 6.07) is 14.5. The summed E-state index contributed by atoms with van der Waals surface area (Å²) in [6.07, 6.45) is 5.67. The second-order valence-electron chi connectivity index (χ2n) is 5.35. The van der Waals surface area contributed by atoms with Crippen LogP contribution >= 0.6 is 23.5 Å². The van der Waals surface area contributed by atoms with E-state index in [0.29, 0.717) is 5.75 Å². The Morgan fingerprint density at radius 2 is 1.95 bits per heavy atom. The van der Waals surface area contributed by atoms with Gasteiger partial charge in [0.15, 0.2) is 0 Å². The monoisotopic (exact) mass is 329 g/mol. The number of hydrogen-bond acceptors (Lipinski definition) is 3. The Morgan fingerprint density at radius 1 is 1.09 bits per heavy atom. The lowest BCUT2D eigenvalue weighted by molar-refractivity contribution is -0.113. The molecule has 1 aliphatic carbocycles. The van der Waals surface area contributed by atoms with Crippen LogP contribution in [-0.2, 0) is 17.6 Å². The van der Waals surface area contributed by atoms with E-state index in [2.05, 4.69) is 23.5 Å². The number of thioether (sulfide) groups is 2. The molecule has 2 aromatic carbocycles. The molecule has 2 nitrogen and oxygen atoms in total. The lowest BCUT2D eigenvalue weighted by Crippen LogP contribution is -2.13. The Hall–Kier alpha value is -1.39. The number of fused-ring (bicyclic) bond motifs is 1. The normalized spacial score (nSPS) is 13.0. The van der Waals surface area contributed by atoms with Crippen LogP contribution in [0.2, 0.25) is 0 Å². The van der Waals surface area contributed by atoms with Crippen LogP contribution in [0.3, 0.4) is 0 Å². The number of hydrogen-bond donors (Lipinski definition) is 1. The maximum Gasteiger partial charge on any atom is 0.234 e. The zero-order valence-corrected chi connectivity index (χ0v) is 14.2. The molecule has 3 rings (SSSR count). The van der Waals surface area contributed by atoms with Gasteiger partial charge in [-0.05, 0) is 67.0 Å². The summed E-state index contributed by atoms with van der Waals surface area (Å²) in [5, 5.41) is 2.97. The molecule has 2 aromatic rings. The highest BCUT2D eigenvalue weighted by molar-refractivity contribution is 8.00. The maximum atomic E-state index is 12.1. The van der Waals surface area contributed by atoms with Crippen molar-refractivity contribution in [1.82, 2.24) is 0 Å². The Bertz CT molecular complexity index is 685. The summed E-state index contributed by atoms with van der Waals surface area (Å²) in [5.41, 5.74) is 3.80. The van der Waals surface area contributed by atoms with Gasteiger partial charge in [0.05, 0.1) is 5.75 Å². The molecule has 1 amide bonds. The van der Waals surface area contributed by atoms with Gasteiger partial charge in [0.1, 0.15) is 0 Å². The summed E-state index contributed by atoms with van der Waals surface area (Å²) in [5.74, 6) is 0.492. The van der Waals surface area contributed by atoms with E-state index in [1.165, 1.54) is 35.3 Å². The second-order valence-corrected chi connectivity index (χ2v) is 7.28. The van der Waals surface area contributed by atoms with Crippen molar-refractivity contribution in [2.75, 3.05) is 17.3 Å². The minimum Gasteiger partial charge on any atom is -0.325 e. The number of anilines is 1. The quantitative estimate of drug-likeness (QED) is 0.811. The molecule has 114 valence electrons. The molecular weight excluding hydrogens is 310 g/mol. The molecule has 1 N–H and O–H groups in total. The van der Waals surface area contributed by atoms with E-state index in [1.54, 1.807) is 23.5 Å². The minimum atomic E-state index is 0.0451. The van der Waals surface area contributed by atoms with Gasteiger partial charge in [0.2, 0.25) is 5.91 Å². The molecule has 0 saturated carbocycles. The third kappa shape index (κ3) is 3.87. The highest BCUT2D eigenvalue weighted by Gasteiger charge is 2.11. The Balaban J connectivity index is 1.56. The van der Waals surface area contributed by atoms with Crippen LogP contribution in [-0.4, -0.2) is 17.9 Å². The summed E-state index contributed by atoms with van der Waals surface area (Å²) >= 11 is 3.28. The molecular formula is C18H19NOS2. The predicted octanol–water partition coefficient (Wildman–Crippen LogP) is 4.63. The fraction of sp³-hybridized carbons (Fsp3) is 0.278. The van der Waals surface area contributed by atoms with Gasteiger partial charge in [-0.2, -0.15) is 0 Å².